The summed E-state index contributed by atoms with van der Waals surface area (Å²) in [7, 11) is 1.47. The fourth-order valence-corrected chi connectivity index (χ4v) is 2.70. The zero-order valence-electron chi connectivity index (χ0n) is 12.1. The third-order valence-corrected chi connectivity index (χ3v) is 4.01. The predicted octanol–water partition coefficient (Wildman–Crippen LogP) is 3.53. The van der Waals surface area contributed by atoms with Crippen LogP contribution in [-0.2, 0) is 0 Å². The van der Waals surface area contributed by atoms with Crippen LogP contribution in [0, 0.1) is 11.7 Å². The molecular formula is C16H22FNO2. The minimum Gasteiger partial charge on any atom is -0.497 e. The van der Waals surface area contributed by atoms with Crippen molar-refractivity contribution in [3.05, 3.63) is 29.6 Å². The summed E-state index contributed by atoms with van der Waals surface area (Å²) in [5.41, 5.74) is 0.0862. The summed E-state index contributed by atoms with van der Waals surface area (Å²) in [6, 6.07) is 4.48. The average molecular weight is 279 g/mol. The highest BCUT2D eigenvalue weighted by Gasteiger charge is 2.20. The van der Waals surface area contributed by atoms with Crippen molar-refractivity contribution in [2.45, 2.75) is 45.1 Å². The highest BCUT2D eigenvalue weighted by molar-refractivity contribution is 5.94. The van der Waals surface area contributed by atoms with Crippen molar-refractivity contribution in [2.75, 3.05) is 7.11 Å². The molecule has 1 amide bonds. The van der Waals surface area contributed by atoms with Crippen LogP contribution in [0.1, 0.15) is 49.4 Å². The van der Waals surface area contributed by atoms with Crippen LogP contribution < -0.4 is 10.1 Å². The van der Waals surface area contributed by atoms with Gasteiger partial charge >= 0.3 is 0 Å². The Balaban J connectivity index is 2.00. The number of hydrogen-bond acceptors (Lipinski definition) is 2. The van der Waals surface area contributed by atoms with E-state index in [0.29, 0.717) is 5.75 Å². The van der Waals surface area contributed by atoms with Gasteiger partial charge in [-0.15, -0.1) is 0 Å². The van der Waals surface area contributed by atoms with E-state index in [1.165, 1.54) is 25.7 Å². The first-order valence-corrected chi connectivity index (χ1v) is 7.24. The molecule has 1 aliphatic carbocycles. The molecule has 2 unspecified atom stereocenters. The Morgan fingerprint density at radius 1 is 1.30 bits per heavy atom. The molecule has 1 aliphatic rings. The van der Waals surface area contributed by atoms with Gasteiger partial charge in [0.2, 0.25) is 0 Å². The van der Waals surface area contributed by atoms with Crippen molar-refractivity contribution in [1.29, 1.82) is 0 Å². The van der Waals surface area contributed by atoms with Crippen LogP contribution in [0.25, 0.3) is 0 Å². The minimum atomic E-state index is -0.538. The molecule has 0 aromatic heterocycles. The Hall–Kier alpha value is -1.58. The number of ether oxygens (including phenoxy) is 1. The van der Waals surface area contributed by atoms with E-state index >= 15 is 0 Å². The Morgan fingerprint density at radius 2 is 2.10 bits per heavy atom. The Labute approximate surface area is 119 Å². The van der Waals surface area contributed by atoms with E-state index in [1.807, 2.05) is 0 Å². The maximum Gasteiger partial charge on any atom is 0.254 e. The first kappa shape index (κ1) is 14.8. The van der Waals surface area contributed by atoms with Crippen molar-refractivity contribution < 1.29 is 13.9 Å². The molecular weight excluding hydrogens is 257 g/mol. The summed E-state index contributed by atoms with van der Waals surface area (Å²) < 4.78 is 18.8. The molecule has 0 spiro atoms. The number of hydrogen-bond donors (Lipinski definition) is 1. The van der Waals surface area contributed by atoms with Gasteiger partial charge < -0.3 is 10.1 Å². The molecule has 0 heterocycles. The van der Waals surface area contributed by atoms with E-state index < -0.39 is 5.82 Å². The number of carbonyl (C=O) groups is 1. The lowest BCUT2D eigenvalue weighted by Crippen LogP contribution is -2.34. The van der Waals surface area contributed by atoms with Gasteiger partial charge in [0.05, 0.1) is 12.7 Å². The number of halogens is 1. The SMILES string of the molecule is COc1ccc(C(=O)NC2CCCC(C)CC2)c(F)c1. The smallest absolute Gasteiger partial charge is 0.254 e. The quantitative estimate of drug-likeness (QED) is 0.860. The first-order chi connectivity index (χ1) is 9.60. The highest BCUT2D eigenvalue weighted by atomic mass is 19.1. The summed E-state index contributed by atoms with van der Waals surface area (Å²) in [5.74, 6) is 0.269. The second kappa shape index (κ2) is 6.73. The second-order valence-electron chi connectivity index (χ2n) is 5.63. The number of methoxy groups -OCH3 is 1. The summed E-state index contributed by atoms with van der Waals surface area (Å²) in [6.07, 6.45) is 5.41. The van der Waals surface area contributed by atoms with Gasteiger partial charge in [-0.25, -0.2) is 4.39 Å². The van der Waals surface area contributed by atoms with Crippen LogP contribution in [0.3, 0.4) is 0 Å². The molecule has 2 rings (SSSR count). The zero-order valence-corrected chi connectivity index (χ0v) is 12.1. The van der Waals surface area contributed by atoms with Gasteiger partial charge in [-0.3, -0.25) is 4.79 Å². The maximum absolute atomic E-state index is 13.8. The van der Waals surface area contributed by atoms with Gasteiger partial charge in [0, 0.05) is 12.1 Å². The van der Waals surface area contributed by atoms with E-state index in [2.05, 4.69) is 12.2 Å². The van der Waals surface area contributed by atoms with Gasteiger partial charge in [0.15, 0.2) is 0 Å². The topological polar surface area (TPSA) is 38.3 Å². The lowest BCUT2D eigenvalue weighted by Gasteiger charge is -2.16. The molecule has 3 nitrogen and oxygen atoms in total. The largest absolute Gasteiger partial charge is 0.497 e. The number of nitrogens with one attached hydrogen (secondary N) is 1. The van der Waals surface area contributed by atoms with Crippen molar-refractivity contribution in [2.24, 2.45) is 5.92 Å². The van der Waals surface area contributed by atoms with Crippen LogP contribution in [0.2, 0.25) is 0 Å². The lowest BCUT2D eigenvalue weighted by molar-refractivity contribution is 0.0929. The van der Waals surface area contributed by atoms with Crippen molar-refractivity contribution >= 4 is 5.91 Å². The molecule has 1 saturated carbocycles. The van der Waals surface area contributed by atoms with Crippen molar-refractivity contribution in [3.63, 3.8) is 0 Å². The normalized spacial score (nSPS) is 22.9. The summed E-state index contributed by atoms with van der Waals surface area (Å²) in [6.45, 7) is 2.24. The van der Waals surface area contributed by atoms with Gasteiger partial charge in [-0.2, -0.15) is 0 Å². The monoisotopic (exact) mass is 279 g/mol. The van der Waals surface area contributed by atoms with Crippen LogP contribution in [0.4, 0.5) is 4.39 Å². The first-order valence-electron chi connectivity index (χ1n) is 7.24. The average Bonchev–Trinajstić information content (AvgIpc) is 2.63. The molecule has 1 N–H and O–H groups in total. The van der Waals surface area contributed by atoms with Gasteiger partial charge in [0.25, 0.3) is 5.91 Å². The fourth-order valence-electron chi connectivity index (χ4n) is 2.70. The Kier molecular flexibility index (Phi) is 4.99. The standard InChI is InChI=1S/C16H22FNO2/c1-11-4-3-5-12(7-6-11)18-16(19)14-9-8-13(20-2)10-15(14)17/h8-12H,3-7H2,1-2H3,(H,18,19). The maximum atomic E-state index is 13.8. The molecule has 0 saturated heterocycles. The molecule has 2 atom stereocenters. The molecule has 1 fully saturated rings. The second-order valence-corrected chi connectivity index (χ2v) is 5.63. The fraction of sp³-hybridized carbons (Fsp3) is 0.562. The Bertz CT molecular complexity index is 476. The summed E-state index contributed by atoms with van der Waals surface area (Å²) in [4.78, 5) is 12.1. The zero-order chi connectivity index (χ0) is 14.5. The van der Waals surface area contributed by atoms with E-state index in [4.69, 9.17) is 4.74 Å². The van der Waals surface area contributed by atoms with E-state index in [-0.39, 0.29) is 17.5 Å². The van der Waals surface area contributed by atoms with Crippen LogP contribution in [0.15, 0.2) is 18.2 Å². The van der Waals surface area contributed by atoms with Gasteiger partial charge in [-0.05, 0) is 37.3 Å². The molecule has 0 radical (unpaired) electrons. The molecule has 0 aliphatic heterocycles. The predicted molar refractivity (Wildman–Crippen MR) is 76.5 cm³/mol. The molecule has 0 bridgehead atoms. The number of rotatable bonds is 3. The third-order valence-electron chi connectivity index (χ3n) is 4.01. The van der Waals surface area contributed by atoms with Crippen LogP contribution in [0.5, 0.6) is 5.75 Å². The molecule has 1 aromatic carbocycles. The molecule has 20 heavy (non-hydrogen) atoms. The number of amides is 1. The van der Waals surface area contributed by atoms with E-state index in [0.717, 1.165) is 31.6 Å². The van der Waals surface area contributed by atoms with Crippen molar-refractivity contribution in [3.8, 4) is 5.75 Å². The van der Waals surface area contributed by atoms with Crippen LogP contribution in [-0.4, -0.2) is 19.1 Å². The van der Waals surface area contributed by atoms with E-state index in [9.17, 15) is 9.18 Å². The molecule has 1 aromatic rings. The summed E-state index contributed by atoms with van der Waals surface area (Å²) in [5, 5.41) is 2.95. The van der Waals surface area contributed by atoms with Gasteiger partial charge in [0.1, 0.15) is 11.6 Å². The number of carbonyl (C=O) groups excluding carboxylic acids is 1. The van der Waals surface area contributed by atoms with E-state index in [1.54, 1.807) is 6.07 Å². The van der Waals surface area contributed by atoms with Crippen molar-refractivity contribution in [1.82, 2.24) is 5.32 Å². The molecule has 110 valence electrons. The summed E-state index contributed by atoms with van der Waals surface area (Å²) >= 11 is 0. The molecule has 4 heteroatoms. The number of benzene rings is 1. The lowest BCUT2D eigenvalue weighted by atomic mass is 10.0. The van der Waals surface area contributed by atoms with Gasteiger partial charge in [-0.1, -0.05) is 19.8 Å². The third kappa shape index (κ3) is 3.71. The van der Waals surface area contributed by atoms with Crippen LogP contribution >= 0.6 is 0 Å². The minimum absolute atomic E-state index is 0.0862. The highest BCUT2D eigenvalue weighted by Crippen LogP contribution is 2.23. The Morgan fingerprint density at radius 3 is 2.80 bits per heavy atom.